The third kappa shape index (κ3) is 3.30. The number of halogens is 1. The van der Waals surface area contributed by atoms with Gasteiger partial charge in [-0.1, -0.05) is 49.7 Å². The van der Waals surface area contributed by atoms with Crippen molar-refractivity contribution < 1.29 is 4.74 Å². The van der Waals surface area contributed by atoms with Gasteiger partial charge in [0.05, 0.1) is 5.88 Å². The van der Waals surface area contributed by atoms with E-state index in [1.165, 1.54) is 11.1 Å². The van der Waals surface area contributed by atoms with E-state index in [2.05, 4.69) is 32.9 Å². The van der Waals surface area contributed by atoms with Gasteiger partial charge >= 0.3 is 0 Å². The highest BCUT2D eigenvalue weighted by atomic mass is 35.5. The summed E-state index contributed by atoms with van der Waals surface area (Å²) in [5.74, 6) is 2.64. The van der Waals surface area contributed by atoms with Crippen LogP contribution in [0.5, 0.6) is 11.5 Å². The number of hydrogen-bond donors (Lipinski definition) is 0. The number of rotatable bonds is 4. The summed E-state index contributed by atoms with van der Waals surface area (Å²) in [6.07, 6.45) is 0. The summed E-state index contributed by atoms with van der Waals surface area (Å²) in [5.41, 5.74) is 3.43. The monoisotopic (exact) mass is 274 g/mol. The van der Waals surface area contributed by atoms with E-state index in [1.807, 2.05) is 30.3 Å². The highest BCUT2D eigenvalue weighted by molar-refractivity contribution is 6.17. The van der Waals surface area contributed by atoms with Crippen LogP contribution < -0.4 is 4.74 Å². The van der Waals surface area contributed by atoms with Gasteiger partial charge in [-0.3, -0.25) is 0 Å². The second kappa shape index (κ2) is 6.12. The highest BCUT2D eigenvalue weighted by Crippen LogP contribution is 2.32. The molecule has 0 N–H and O–H groups in total. The molecule has 0 unspecified atom stereocenters. The molecule has 2 aromatic carbocycles. The fourth-order valence-corrected chi connectivity index (χ4v) is 2.29. The highest BCUT2D eigenvalue weighted by Gasteiger charge is 2.10. The van der Waals surface area contributed by atoms with E-state index in [4.69, 9.17) is 16.3 Å². The van der Waals surface area contributed by atoms with Crippen LogP contribution in [0.2, 0.25) is 0 Å². The Kier molecular flexibility index (Phi) is 4.49. The lowest BCUT2D eigenvalue weighted by molar-refractivity contribution is 0.469. The molecule has 0 aliphatic heterocycles. The van der Waals surface area contributed by atoms with Gasteiger partial charge in [-0.25, -0.2) is 0 Å². The minimum atomic E-state index is 0.432. The molecule has 0 amide bonds. The fourth-order valence-electron chi connectivity index (χ4n) is 2.08. The van der Waals surface area contributed by atoms with Gasteiger partial charge < -0.3 is 4.74 Å². The predicted molar refractivity (Wildman–Crippen MR) is 81.3 cm³/mol. The maximum Gasteiger partial charge on any atom is 0.131 e. The van der Waals surface area contributed by atoms with Crippen LogP contribution in [0.3, 0.4) is 0 Å². The van der Waals surface area contributed by atoms with Crippen molar-refractivity contribution in [2.45, 2.75) is 32.6 Å². The summed E-state index contributed by atoms with van der Waals surface area (Å²) in [5, 5.41) is 0. The zero-order chi connectivity index (χ0) is 13.8. The Balaban J connectivity index is 2.36. The van der Waals surface area contributed by atoms with E-state index in [0.29, 0.717) is 11.8 Å². The Morgan fingerprint density at radius 3 is 2.47 bits per heavy atom. The molecule has 2 aromatic rings. The standard InChI is InChI=1S/C17H19ClO/c1-12(2)15-6-4-5-7-17(15)19-16-9-8-13(3)10-14(16)11-18/h4-10,12H,11H2,1-3H3. The summed E-state index contributed by atoms with van der Waals surface area (Å²) in [4.78, 5) is 0. The molecule has 100 valence electrons. The zero-order valence-electron chi connectivity index (χ0n) is 11.6. The maximum absolute atomic E-state index is 6.06. The van der Waals surface area contributed by atoms with Crippen molar-refractivity contribution in [2.24, 2.45) is 0 Å². The molecule has 0 aromatic heterocycles. The Bertz CT molecular complexity index is 561. The minimum Gasteiger partial charge on any atom is -0.457 e. The molecule has 0 fully saturated rings. The van der Waals surface area contributed by atoms with E-state index in [9.17, 15) is 0 Å². The van der Waals surface area contributed by atoms with Gasteiger partial charge in [0, 0.05) is 5.56 Å². The van der Waals surface area contributed by atoms with E-state index in [1.54, 1.807) is 0 Å². The molecule has 2 rings (SSSR count). The van der Waals surface area contributed by atoms with Crippen LogP contribution in [0.15, 0.2) is 42.5 Å². The molecule has 0 aliphatic rings. The molecule has 0 saturated heterocycles. The van der Waals surface area contributed by atoms with E-state index < -0.39 is 0 Å². The lowest BCUT2D eigenvalue weighted by Crippen LogP contribution is -1.96. The normalized spacial score (nSPS) is 10.8. The summed E-state index contributed by atoms with van der Waals surface area (Å²) < 4.78 is 6.06. The average molecular weight is 275 g/mol. The molecular formula is C17H19ClO. The number of ether oxygens (including phenoxy) is 1. The van der Waals surface area contributed by atoms with Crippen LogP contribution in [0, 0.1) is 6.92 Å². The zero-order valence-corrected chi connectivity index (χ0v) is 12.4. The lowest BCUT2D eigenvalue weighted by atomic mass is 10.0. The second-order valence-electron chi connectivity index (χ2n) is 5.04. The first-order chi connectivity index (χ1) is 9.11. The molecule has 0 atom stereocenters. The Labute approximate surface area is 120 Å². The largest absolute Gasteiger partial charge is 0.457 e. The molecule has 1 nitrogen and oxygen atoms in total. The molecule has 0 bridgehead atoms. The van der Waals surface area contributed by atoms with Crippen LogP contribution in [0.1, 0.15) is 36.5 Å². The van der Waals surface area contributed by atoms with Crippen LogP contribution in [0.25, 0.3) is 0 Å². The Morgan fingerprint density at radius 1 is 1.05 bits per heavy atom. The topological polar surface area (TPSA) is 9.23 Å². The van der Waals surface area contributed by atoms with Crippen LogP contribution in [-0.2, 0) is 5.88 Å². The van der Waals surface area contributed by atoms with Crippen molar-refractivity contribution in [1.82, 2.24) is 0 Å². The summed E-state index contributed by atoms with van der Waals surface area (Å²) >= 11 is 5.99. The predicted octanol–water partition coefficient (Wildman–Crippen LogP) is 5.65. The number of benzene rings is 2. The Hall–Kier alpha value is -1.47. The second-order valence-corrected chi connectivity index (χ2v) is 5.31. The van der Waals surface area contributed by atoms with E-state index >= 15 is 0 Å². The van der Waals surface area contributed by atoms with Gasteiger partial charge in [0.25, 0.3) is 0 Å². The summed E-state index contributed by atoms with van der Waals surface area (Å²) in [7, 11) is 0. The summed E-state index contributed by atoms with van der Waals surface area (Å²) in [6.45, 7) is 6.39. The van der Waals surface area contributed by atoms with Crippen LogP contribution in [-0.4, -0.2) is 0 Å². The van der Waals surface area contributed by atoms with Gasteiger partial charge in [-0.05, 0) is 30.5 Å². The first-order valence-corrected chi connectivity index (χ1v) is 7.07. The molecular weight excluding hydrogens is 256 g/mol. The fraction of sp³-hybridized carbons (Fsp3) is 0.294. The van der Waals surface area contributed by atoms with Crippen molar-refractivity contribution in [3.8, 4) is 11.5 Å². The van der Waals surface area contributed by atoms with Crippen molar-refractivity contribution in [2.75, 3.05) is 0 Å². The number of para-hydroxylation sites is 1. The van der Waals surface area contributed by atoms with Crippen molar-refractivity contribution in [3.05, 3.63) is 59.2 Å². The minimum absolute atomic E-state index is 0.432. The molecule has 0 aliphatic carbocycles. The molecule has 19 heavy (non-hydrogen) atoms. The third-order valence-electron chi connectivity index (χ3n) is 3.12. The maximum atomic E-state index is 6.06. The van der Waals surface area contributed by atoms with Gasteiger partial charge in [-0.2, -0.15) is 0 Å². The Morgan fingerprint density at radius 2 is 1.79 bits per heavy atom. The van der Waals surface area contributed by atoms with E-state index in [-0.39, 0.29) is 0 Å². The van der Waals surface area contributed by atoms with Crippen LogP contribution in [0.4, 0.5) is 0 Å². The third-order valence-corrected chi connectivity index (χ3v) is 3.41. The van der Waals surface area contributed by atoms with Crippen molar-refractivity contribution in [1.29, 1.82) is 0 Å². The first kappa shape index (κ1) is 14.0. The number of hydrogen-bond acceptors (Lipinski definition) is 1. The molecule has 0 radical (unpaired) electrons. The van der Waals surface area contributed by atoms with Gasteiger partial charge in [-0.15, -0.1) is 11.6 Å². The molecule has 0 spiro atoms. The summed E-state index contributed by atoms with van der Waals surface area (Å²) in [6, 6.07) is 14.3. The average Bonchev–Trinajstić information content (AvgIpc) is 2.41. The molecule has 0 heterocycles. The first-order valence-electron chi connectivity index (χ1n) is 6.54. The van der Waals surface area contributed by atoms with Gasteiger partial charge in [0.15, 0.2) is 0 Å². The lowest BCUT2D eigenvalue weighted by Gasteiger charge is -2.15. The van der Waals surface area contributed by atoms with Crippen LogP contribution >= 0.6 is 11.6 Å². The molecule has 0 saturated carbocycles. The van der Waals surface area contributed by atoms with Crippen molar-refractivity contribution in [3.63, 3.8) is 0 Å². The van der Waals surface area contributed by atoms with E-state index in [0.717, 1.165) is 17.1 Å². The SMILES string of the molecule is Cc1ccc(Oc2ccccc2C(C)C)c(CCl)c1. The van der Waals surface area contributed by atoms with Gasteiger partial charge in [0.1, 0.15) is 11.5 Å². The number of aryl methyl sites for hydroxylation is 1. The van der Waals surface area contributed by atoms with Gasteiger partial charge in [0.2, 0.25) is 0 Å². The number of alkyl halides is 1. The smallest absolute Gasteiger partial charge is 0.131 e. The van der Waals surface area contributed by atoms with Crippen molar-refractivity contribution >= 4 is 11.6 Å². The molecule has 2 heteroatoms. The quantitative estimate of drug-likeness (QED) is 0.655.